The Bertz CT molecular complexity index is 719. The van der Waals surface area contributed by atoms with E-state index in [2.05, 4.69) is 56.3 Å². The van der Waals surface area contributed by atoms with E-state index in [9.17, 15) is 0 Å². The molecule has 1 unspecified atom stereocenters. The van der Waals surface area contributed by atoms with Crippen molar-refractivity contribution in [1.82, 2.24) is 0 Å². The van der Waals surface area contributed by atoms with Crippen molar-refractivity contribution >= 4 is 0 Å². The first-order chi connectivity index (χ1) is 12.2. The minimum absolute atomic E-state index is 0.613. The van der Waals surface area contributed by atoms with Gasteiger partial charge in [-0.25, -0.2) is 0 Å². The minimum Gasteiger partial charge on any atom is -0.0625 e. The Hall–Kier alpha value is -1.56. The first kappa shape index (κ1) is 16.9. The zero-order valence-electron chi connectivity index (χ0n) is 15.9. The fourth-order valence-electron chi connectivity index (χ4n) is 5.15. The Morgan fingerprint density at radius 3 is 2.44 bits per heavy atom. The summed E-state index contributed by atoms with van der Waals surface area (Å²) in [6.45, 7) is 4.66. The third-order valence-corrected chi connectivity index (χ3v) is 6.73. The molecular weight excluding hydrogens is 300 g/mol. The molecule has 1 atom stereocenters. The first-order valence-corrected chi connectivity index (χ1v) is 10.4. The summed E-state index contributed by atoms with van der Waals surface area (Å²) in [5.41, 5.74) is 7.72. The van der Waals surface area contributed by atoms with Crippen molar-refractivity contribution in [2.45, 2.75) is 71.1 Å². The highest BCUT2D eigenvalue weighted by atomic mass is 14.3. The molecule has 0 nitrogen and oxygen atoms in total. The van der Waals surface area contributed by atoms with E-state index >= 15 is 0 Å². The summed E-state index contributed by atoms with van der Waals surface area (Å²) >= 11 is 0. The molecule has 0 bridgehead atoms. The lowest BCUT2D eigenvalue weighted by atomic mass is 9.74. The highest BCUT2D eigenvalue weighted by Gasteiger charge is 2.25. The van der Waals surface area contributed by atoms with Gasteiger partial charge in [-0.15, -0.1) is 0 Å². The lowest BCUT2D eigenvalue weighted by Gasteiger charge is -2.30. The van der Waals surface area contributed by atoms with Crippen LogP contribution in [0, 0.1) is 18.8 Å². The van der Waals surface area contributed by atoms with Crippen LogP contribution in [-0.2, 0) is 6.42 Å². The van der Waals surface area contributed by atoms with Crippen LogP contribution in [0.4, 0.5) is 0 Å². The molecule has 2 aromatic rings. The molecule has 0 N–H and O–H groups in total. The molecule has 2 aliphatic carbocycles. The third-order valence-electron chi connectivity index (χ3n) is 6.73. The number of hydrogen-bond acceptors (Lipinski definition) is 0. The Morgan fingerprint density at radius 1 is 0.840 bits per heavy atom. The number of hydrogen-bond donors (Lipinski definition) is 0. The van der Waals surface area contributed by atoms with Gasteiger partial charge in [0.1, 0.15) is 0 Å². The summed E-state index contributed by atoms with van der Waals surface area (Å²) in [6, 6.07) is 16.3. The zero-order valence-corrected chi connectivity index (χ0v) is 15.9. The van der Waals surface area contributed by atoms with Crippen molar-refractivity contribution in [3.8, 4) is 0 Å². The van der Waals surface area contributed by atoms with Gasteiger partial charge in [0.2, 0.25) is 0 Å². The van der Waals surface area contributed by atoms with E-state index in [4.69, 9.17) is 0 Å². The second kappa shape index (κ2) is 7.36. The van der Waals surface area contributed by atoms with E-state index in [1.54, 1.807) is 22.3 Å². The Morgan fingerprint density at radius 2 is 1.60 bits per heavy atom. The highest BCUT2D eigenvalue weighted by molar-refractivity contribution is 5.50. The Labute approximate surface area is 153 Å². The Balaban J connectivity index is 1.49. The molecule has 0 saturated heterocycles. The van der Waals surface area contributed by atoms with Crippen molar-refractivity contribution in [2.24, 2.45) is 11.8 Å². The molecule has 0 aliphatic heterocycles. The molecule has 0 amide bonds. The van der Waals surface area contributed by atoms with Crippen molar-refractivity contribution in [3.63, 3.8) is 0 Å². The summed E-state index contributed by atoms with van der Waals surface area (Å²) < 4.78 is 0. The summed E-state index contributed by atoms with van der Waals surface area (Å²) in [5, 5.41) is 0. The van der Waals surface area contributed by atoms with Crippen molar-refractivity contribution < 1.29 is 0 Å². The Kier molecular flexibility index (Phi) is 4.97. The third kappa shape index (κ3) is 3.68. The van der Waals surface area contributed by atoms with Gasteiger partial charge < -0.3 is 0 Å². The number of aryl methyl sites for hydroxylation is 1. The molecule has 0 heterocycles. The topological polar surface area (TPSA) is 0 Å². The van der Waals surface area contributed by atoms with Gasteiger partial charge in [-0.1, -0.05) is 93.5 Å². The molecule has 2 aromatic carbocycles. The van der Waals surface area contributed by atoms with Crippen LogP contribution in [0.3, 0.4) is 0 Å². The van der Waals surface area contributed by atoms with E-state index in [1.165, 1.54) is 50.5 Å². The van der Waals surface area contributed by atoms with Crippen LogP contribution in [0.15, 0.2) is 42.5 Å². The number of benzene rings is 2. The molecule has 4 rings (SSSR count). The fraction of sp³-hybridized carbons (Fsp3) is 0.520. The van der Waals surface area contributed by atoms with Gasteiger partial charge in [-0.3, -0.25) is 0 Å². The van der Waals surface area contributed by atoms with Crippen LogP contribution >= 0.6 is 0 Å². The standard InChI is InChI=1S/C25H32/c1-18-10-13-20(14-11-18)6-5-9-24-23-8-4-3-7-21(23)17-22-15-12-19(2)16-25(22)24/h3-4,7-8,12,15-16,18,20,24H,5-6,9-11,13-14,17H2,1-2H3. The average molecular weight is 333 g/mol. The second-order valence-corrected chi connectivity index (χ2v) is 8.69. The first-order valence-electron chi connectivity index (χ1n) is 10.4. The zero-order chi connectivity index (χ0) is 17.2. The lowest BCUT2D eigenvalue weighted by Crippen LogP contribution is -2.15. The molecule has 0 aromatic heterocycles. The maximum absolute atomic E-state index is 2.46. The molecule has 0 spiro atoms. The fourth-order valence-corrected chi connectivity index (χ4v) is 5.15. The van der Waals surface area contributed by atoms with E-state index < -0.39 is 0 Å². The van der Waals surface area contributed by atoms with E-state index in [0.29, 0.717) is 5.92 Å². The van der Waals surface area contributed by atoms with Gasteiger partial charge in [0, 0.05) is 5.92 Å². The van der Waals surface area contributed by atoms with Crippen molar-refractivity contribution in [1.29, 1.82) is 0 Å². The molecule has 1 saturated carbocycles. The molecule has 1 fully saturated rings. The summed E-state index contributed by atoms with van der Waals surface area (Å²) in [4.78, 5) is 0. The molecular formula is C25H32. The normalized spacial score (nSPS) is 25.3. The predicted octanol–water partition coefficient (Wildman–Crippen LogP) is 7.03. The number of rotatable bonds is 4. The second-order valence-electron chi connectivity index (χ2n) is 8.69. The van der Waals surface area contributed by atoms with E-state index in [-0.39, 0.29) is 0 Å². The van der Waals surface area contributed by atoms with Gasteiger partial charge in [0.05, 0.1) is 0 Å². The van der Waals surface area contributed by atoms with Crippen LogP contribution < -0.4 is 0 Å². The molecule has 25 heavy (non-hydrogen) atoms. The van der Waals surface area contributed by atoms with Crippen LogP contribution in [0.1, 0.15) is 85.6 Å². The van der Waals surface area contributed by atoms with Gasteiger partial charge in [-0.2, -0.15) is 0 Å². The van der Waals surface area contributed by atoms with Crippen molar-refractivity contribution in [3.05, 3.63) is 70.3 Å². The SMILES string of the molecule is Cc1ccc2c(c1)C(CCCC1CCC(C)CC1)c1ccccc1C2. The maximum atomic E-state index is 2.46. The van der Waals surface area contributed by atoms with Crippen LogP contribution in [0.2, 0.25) is 0 Å². The quantitative estimate of drug-likeness (QED) is 0.564. The summed E-state index contributed by atoms with van der Waals surface area (Å²) in [7, 11) is 0. The minimum atomic E-state index is 0.613. The molecule has 132 valence electrons. The van der Waals surface area contributed by atoms with E-state index in [0.717, 1.165) is 18.3 Å². The largest absolute Gasteiger partial charge is 0.0625 e. The van der Waals surface area contributed by atoms with Gasteiger partial charge in [0.15, 0.2) is 0 Å². The van der Waals surface area contributed by atoms with Gasteiger partial charge in [0.25, 0.3) is 0 Å². The number of fused-ring (bicyclic) bond motifs is 2. The maximum Gasteiger partial charge on any atom is 0.00951 e. The molecule has 2 aliphatic rings. The summed E-state index contributed by atoms with van der Waals surface area (Å²) in [6.07, 6.45) is 11.1. The van der Waals surface area contributed by atoms with Gasteiger partial charge in [-0.05, 0) is 53.9 Å². The smallest absolute Gasteiger partial charge is 0.00951 e. The monoisotopic (exact) mass is 332 g/mol. The summed E-state index contributed by atoms with van der Waals surface area (Å²) in [5.74, 6) is 2.57. The average Bonchev–Trinajstić information content (AvgIpc) is 2.63. The predicted molar refractivity (Wildman–Crippen MR) is 107 cm³/mol. The van der Waals surface area contributed by atoms with Crippen molar-refractivity contribution in [2.75, 3.05) is 0 Å². The van der Waals surface area contributed by atoms with Crippen LogP contribution in [0.25, 0.3) is 0 Å². The molecule has 0 heteroatoms. The lowest BCUT2D eigenvalue weighted by molar-refractivity contribution is 0.271. The van der Waals surface area contributed by atoms with Crippen LogP contribution in [0.5, 0.6) is 0 Å². The van der Waals surface area contributed by atoms with Gasteiger partial charge >= 0.3 is 0 Å². The molecule has 0 radical (unpaired) electrons. The van der Waals surface area contributed by atoms with Crippen LogP contribution in [-0.4, -0.2) is 0 Å². The van der Waals surface area contributed by atoms with E-state index in [1.807, 2.05) is 0 Å². The highest BCUT2D eigenvalue weighted by Crippen LogP contribution is 2.41.